The Morgan fingerprint density at radius 1 is 1.08 bits per heavy atom. The fourth-order valence-electron chi connectivity index (χ4n) is 6.18. The molecule has 0 unspecified atom stereocenters. The zero-order chi connectivity index (χ0) is 27.2. The number of hydrogen-bond donors (Lipinski definition) is 3. The quantitative estimate of drug-likeness (QED) is 0.459. The van der Waals surface area contributed by atoms with Gasteiger partial charge in [-0.05, 0) is 70.6 Å². The van der Waals surface area contributed by atoms with Crippen molar-refractivity contribution in [1.82, 2.24) is 19.9 Å². The Hall–Kier alpha value is -2.47. The molecule has 5 aliphatic rings. The zero-order valence-electron chi connectivity index (χ0n) is 22.1. The molecule has 2 saturated carbocycles. The minimum absolute atomic E-state index is 0.113. The van der Waals surface area contributed by atoms with E-state index in [4.69, 9.17) is 4.98 Å². The number of aromatic nitrogens is 1. The lowest BCUT2D eigenvalue weighted by atomic mass is 10.1. The molecule has 3 heterocycles. The normalized spacial score (nSPS) is 32.2. The van der Waals surface area contributed by atoms with Crippen LogP contribution in [0.1, 0.15) is 81.2 Å². The van der Waals surface area contributed by atoms with Crippen molar-refractivity contribution in [1.29, 1.82) is 0 Å². The van der Waals surface area contributed by atoms with E-state index < -0.39 is 44.7 Å². The Morgan fingerprint density at radius 2 is 1.92 bits per heavy atom. The molecule has 3 aliphatic carbocycles. The van der Waals surface area contributed by atoms with Gasteiger partial charge >= 0.3 is 0 Å². The van der Waals surface area contributed by atoms with Crippen LogP contribution >= 0.6 is 11.3 Å². The van der Waals surface area contributed by atoms with Gasteiger partial charge in [0.1, 0.15) is 17.6 Å². The second-order valence-corrected chi connectivity index (χ2v) is 14.7. The molecule has 3 fully saturated rings. The number of thiazole rings is 1. The molecular weight excluding hydrogens is 538 g/mol. The molecular formula is C27H37N5O5S2. The summed E-state index contributed by atoms with van der Waals surface area (Å²) >= 11 is 1.63. The zero-order valence-corrected chi connectivity index (χ0v) is 23.7. The summed E-state index contributed by atoms with van der Waals surface area (Å²) in [6, 6.07) is -1.16. The van der Waals surface area contributed by atoms with Crippen LogP contribution in [0.25, 0.3) is 0 Å². The van der Waals surface area contributed by atoms with Crippen LogP contribution in [0.5, 0.6) is 0 Å². The smallest absolute Gasteiger partial charge is 0.259 e. The molecule has 1 aromatic rings. The van der Waals surface area contributed by atoms with Gasteiger partial charge in [-0.3, -0.25) is 19.1 Å². The van der Waals surface area contributed by atoms with E-state index in [9.17, 15) is 22.8 Å². The van der Waals surface area contributed by atoms with E-state index >= 15 is 0 Å². The van der Waals surface area contributed by atoms with Crippen molar-refractivity contribution in [2.45, 2.75) is 106 Å². The van der Waals surface area contributed by atoms with Crippen LogP contribution in [-0.2, 0) is 37.2 Å². The summed E-state index contributed by atoms with van der Waals surface area (Å²) in [5, 5.41) is 6.55. The van der Waals surface area contributed by atoms with Crippen molar-refractivity contribution < 1.29 is 22.8 Å². The van der Waals surface area contributed by atoms with Crippen molar-refractivity contribution in [2.24, 2.45) is 5.92 Å². The van der Waals surface area contributed by atoms with Crippen molar-refractivity contribution in [3.05, 3.63) is 22.7 Å². The molecule has 2 aliphatic heterocycles. The number of anilines is 1. The molecule has 0 bridgehead atoms. The lowest BCUT2D eigenvalue weighted by Gasteiger charge is -2.30. The predicted octanol–water partition coefficient (Wildman–Crippen LogP) is 2.41. The van der Waals surface area contributed by atoms with Gasteiger partial charge in [-0.1, -0.05) is 25.0 Å². The number of sulfonamides is 1. The van der Waals surface area contributed by atoms with Gasteiger partial charge in [0.25, 0.3) is 5.91 Å². The summed E-state index contributed by atoms with van der Waals surface area (Å²) in [7, 11) is -3.75. The standard InChI is InChI=1S/C27H37N5O5S2/c33-23-21-11-7-15-32(21)24(34)20(29-26-28-19-10-6-12-22(19)38-26)9-5-3-1-2-4-8-17-16-27(17,30-23)25(35)31-39(36,37)18-13-14-18/h4,8,17-18,20-21H,1-3,5-7,9-16H2,(H,28,29)(H,30,33)(H,31,35)/b8-4-/t17-,20+,21+,27-/m1/s1. The monoisotopic (exact) mass is 575 g/mol. The largest absolute Gasteiger partial charge is 0.350 e. The van der Waals surface area contributed by atoms with E-state index in [-0.39, 0.29) is 11.8 Å². The summed E-state index contributed by atoms with van der Waals surface area (Å²) in [5.74, 6) is -1.45. The molecule has 0 spiro atoms. The minimum Gasteiger partial charge on any atom is -0.350 e. The molecule has 0 aromatic carbocycles. The second kappa shape index (κ2) is 10.5. The van der Waals surface area contributed by atoms with Gasteiger partial charge in [0.2, 0.25) is 21.8 Å². The summed E-state index contributed by atoms with van der Waals surface area (Å²) < 4.78 is 27.3. The molecule has 3 N–H and O–H groups in total. The maximum Gasteiger partial charge on any atom is 0.259 e. The third kappa shape index (κ3) is 5.46. The van der Waals surface area contributed by atoms with Gasteiger partial charge in [0.15, 0.2) is 5.13 Å². The highest BCUT2D eigenvalue weighted by Crippen LogP contribution is 2.46. The van der Waals surface area contributed by atoms with Crippen LogP contribution in [0.4, 0.5) is 5.13 Å². The molecule has 4 atom stereocenters. The SMILES string of the molecule is O=C1N[C@]2(C(=O)NS(=O)(=O)C3CC3)C[C@H]2/C=C\CCCCC[C@H](Nc2nc3c(s2)CCC3)C(=O)N2CCC[C@@H]12. The Bertz CT molecular complexity index is 1270. The van der Waals surface area contributed by atoms with E-state index in [1.165, 1.54) is 4.88 Å². The van der Waals surface area contributed by atoms with Crippen LogP contribution in [-0.4, -0.2) is 65.4 Å². The molecule has 212 valence electrons. The van der Waals surface area contributed by atoms with Gasteiger partial charge in [-0.25, -0.2) is 13.4 Å². The van der Waals surface area contributed by atoms with Crippen molar-refractivity contribution >= 4 is 44.2 Å². The number of fused-ring (bicyclic) bond motifs is 3. The molecule has 12 heteroatoms. The first kappa shape index (κ1) is 26.7. The minimum atomic E-state index is -3.75. The maximum atomic E-state index is 13.9. The molecule has 0 radical (unpaired) electrons. The second-order valence-electron chi connectivity index (χ2n) is 11.6. The predicted molar refractivity (Wildman–Crippen MR) is 148 cm³/mol. The summed E-state index contributed by atoms with van der Waals surface area (Å²) in [6.07, 6.45) is 14.0. The average Bonchev–Trinajstić information content (AvgIpc) is 3.70. The first-order valence-corrected chi connectivity index (χ1v) is 16.7. The van der Waals surface area contributed by atoms with Crippen molar-refractivity contribution in [3.8, 4) is 0 Å². The Kier molecular flexibility index (Phi) is 7.20. The van der Waals surface area contributed by atoms with E-state index in [2.05, 4.69) is 15.4 Å². The summed E-state index contributed by atoms with van der Waals surface area (Å²) in [6.45, 7) is 0.474. The number of hydrogen-bond acceptors (Lipinski definition) is 8. The average molecular weight is 576 g/mol. The highest BCUT2D eigenvalue weighted by atomic mass is 32.2. The number of nitrogens with zero attached hydrogens (tertiary/aromatic N) is 2. The third-order valence-electron chi connectivity index (χ3n) is 8.73. The van der Waals surface area contributed by atoms with Crippen LogP contribution < -0.4 is 15.4 Å². The van der Waals surface area contributed by atoms with Crippen molar-refractivity contribution in [3.63, 3.8) is 0 Å². The fraction of sp³-hybridized carbons (Fsp3) is 0.704. The van der Waals surface area contributed by atoms with E-state index in [0.717, 1.165) is 55.8 Å². The van der Waals surface area contributed by atoms with E-state index in [1.54, 1.807) is 16.2 Å². The third-order valence-corrected chi connectivity index (χ3v) is 11.6. The van der Waals surface area contributed by atoms with Crippen LogP contribution in [0.15, 0.2) is 12.2 Å². The first-order chi connectivity index (χ1) is 18.8. The highest BCUT2D eigenvalue weighted by molar-refractivity contribution is 7.91. The highest BCUT2D eigenvalue weighted by Gasteiger charge is 2.61. The Labute approximate surface area is 233 Å². The number of amides is 3. The topological polar surface area (TPSA) is 138 Å². The van der Waals surface area contributed by atoms with Crippen LogP contribution in [0.3, 0.4) is 0 Å². The van der Waals surface area contributed by atoms with Gasteiger partial charge < -0.3 is 15.5 Å². The van der Waals surface area contributed by atoms with Gasteiger partial charge in [0, 0.05) is 17.3 Å². The summed E-state index contributed by atoms with van der Waals surface area (Å²) in [4.78, 5) is 48.4. The van der Waals surface area contributed by atoms with E-state index in [0.29, 0.717) is 45.1 Å². The lowest BCUT2D eigenvalue weighted by molar-refractivity contribution is -0.140. The Morgan fingerprint density at radius 3 is 2.72 bits per heavy atom. The number of carbonyl (C=O) groups excluding carboxylic acids is 3. The molecule has 39 heavy (non-hydrogen) atoms. The number of allylic oxidation sites excluding steroid dienone is 1. The van der Waals surface area contributed by atoms with Crippen molar-refractivity contribution in [2.75, 3.05) is 11.9 Å². The van der Waals surface area contributed by atoms with Gasteiger partial charge in [0.05, 0.1) is 10.9 Å². The maximum absolute atomic E-state index is 13.9. The molecule has 6 rings (SSSR count). The molecule has 10 nitrogen and oxygen atoms in total. The van der Waals surface area contributed by atoms with Crippen LogP contribution in [0.2, 0.25) is 0 Å². The summed E-state index contributed by atoms with van der Waals surface area (Å²) in [5.41, 5.74) is -0.171. The van der Waals surface area contributed by atoms with Gasteiger partial charge in [-0.2, -0.15) is 0 Å². The first-order valence-electron chi connectivity index (χ1n) is 14.4. The number of rotatable bonds is 5. The molecule has 3 amide bonds. The van der Waals surface area contributed by atoms with Crippen LogP contribution in [0, 0.1) is 5.92 Å². The number of nitrogens with one attached hydrogen (secondary N) is 3. The molecule has 1 aromatic heterocycles. The fourth-order valence-corrected chi connectivity index (χ4v) is 8.64. The Balaban J connectivity index is 1.22. The molecule has 1 saturated heterocycles. The number of carbonyl (C=O) groups is 3. The number of aryl methyl sites for hydroxylation is 2. The van der Waals surface area contributed by atoms with Gasteiger partial charge in [-0.15, -0.1) is 11.3 Å². The van der Waals surface area contributed by atoms with E-state index in [1.807, 2.05) is 12.2 Å². The lowest BCUT2D eigenvalue weighted by Crippen LogP contribution is -2.57.